The van der Waals surface area contributed by atoms with E-state index in [0.717, 1.165) is 0 Å². The zero-order valence-electron chi connectivity index (χ0n) is 7.23. The molecule has 0 aliphatic carbocycles. The molecule has 0 amide bonds. The lowest BCUT2D eigenvalue weighted by Gasteiger charge is -2.04. The maximum Gasteiger partial charge on any atom is 0.178 e. The lowest BCUT2D eigenvalue weighted by molar-refractivity contribution is 0.232. The van der Waals surface area contributed by atoms with Crippen molar-refractivity contribution in [2.24, 2.45) is 0 Å². The van der Waals surface area contributed by atoms with Gasteiger partial charge in [0, 0.05) is 0 Å². The Kier molecular flexibility index (Phi) is 5.72. The number of rotatable bonds is 4. The van der Waals surface area contributed by atoms with E-state index >= 15 is 0 Å². The zero-order valence-corrected chi connectivity index (χ0v) is 8.82. The number of hydrogen-bond donors (Lipinski definition) is 0. The summed E-state index contributed by atoms with van der Waals surface area (Å²) in [6.07, 6.45) is 2.96. The minimum Gasteiger partial charge on any atom is -0.491 e. The molecule has 0 fully saturated rings. The first-order valence-electron chi connectivity index (χ1n) is 3.64. The Labute approximate surface area is 80.7 Å². The van der Waals surface area contributed by atoms with Gasteiger partial charge in [-0.15, -0.1) is 0 Å². The van der Waals surface area contributed by atoms with Gasteiger partial charge >= 0.3 is 0 Å². The van der Waals surface area contributed by atoms with E-state index in [1.54, 1.807) is 19.9 Å². The van der Waals surface area contributed by atoms with Gasteiger partial charge in [0.05, 0.1) is 11.1 Å². The van der Waals surface area contributed by atoms with E-state index in [9.17, 15) is 4.39 Å². The number of hydrogen-bond acceptors (Lipinski definition) is 1. The van der Waals surface area contributed by atoms with Gasteiger partial charge in [0.2, 0.25) is 0 Å². The molecule has 0 spiro atoms. The highest BCUT2D eigenvalue weighted by atomic mass is 79.9. The molecule has 68 valence electrons. The maximum absolute atomic E-state index is 13.2. The summed E-state index contributed by atoms with van der Waals surface area (Å²) in [5, 5.41) is 0. The highest BCUT2D eigenvalue weighted by Crippen LogP contribution is 2.22. The molecule has 0 radical (unpaired) electrons. The molecule has 1 nitrogen and oxygen atoms in total. The lowest BCUT2D eigenvalue weighted by atomic mass is 10.3. The van der Waals surface area contributed by atoms with E-state index in [0.29, 0.717) is 11.1 Å². The predicted molar refractivity (Wildman–Crippen MR) is 52.6 cm³/mol. The monoisotopic (exact) mass is 234 g/mol. The molecular formula is C9H12BrFO. The summed E-state index contributed by atoms with van der Waals surface area (Å²) >= 11 is 3.05. The third kappa shape index (κ3) is 3.22. The van der Waals surface area contributed by atoms with Crippen molar-refractivity contribution >= 4 is 15.9 Å². The van der Waals surface area contributed by atoms with Gasteiger partial charge in [-0.2, -0.15) is 0 Å². The topological polar surface area (TPSA) is 9.23 Å². The number of ether oxygens (including phenoxy) is 1. The van der Waals surface area contributed by atoms with Crippen LogP contribution in [-0.2, 0) is 4.74 Å². The van der Waals surface area contributed by atoms with Crippen LogP contribution in [0.4, 0.5) is 4.39 Å². The summed E-state index contributed by atoms with van der Waals surface area (Å²) < 4.78 is 18.6. The summed E-state index contributed by atoms with van der Waals surface area (Å²) in [5.74, 6) is -0.253. The van der Waals surface area contributed by atoms with Crippen LogP contribution in [0.2, 0.25) is 0 Å². The van der Waals surface area contributed by atoms with Crippen LogP contribution in [0.3, 0.4) is 0 Å². The van der Waals surface area contributed by atoms with Crippen LogP contribution in [0, 0.1) is 0 Å². The van der Waals surface area contributed by atoms with Crippen LogP contribution in [0.25, 0.3) is 0 Å². The van der Waals surface area contributed by atoms with Gasteiger partial charge in [0.1, 0.15) is 0 Å². The molecule has 0 aliphatic heterocycles. The molecule has 0 bridgehead atoms. The third-order valence-corrected chi connectivity index (χ3v) is 1.97. The summed E-state index contributed by atoms with van der Waals surface area (Å²) in [6, 6.07) is 0. The van der Waals surface area contributed by atoms with Gasteiger partial charge < -0.3 is 4.74 Å². The smallest absolute Gasteiger partial charge is 0.178 e. The van der Waals surface area contributed by atoms with E-state index < -0.39 is 5.83 Å². The predicted octanol–water partition coefficient (Wildman–Crippen LogP) is 3.69. The van der Waals surface area contributed by atoms with Gasteiger partial charge in [0.15, 0.2) is 11.6 Å². The van der Waals surface area contributed by atoms with Crippen molar-refractivity contribution in [3.05, 3.63) is 34.8 Å². The Morgan fingerprint density at radius 3 is 2.58 bits per heavy atom. The summed E-state index contributed by atoms with van der Waals surface area (Å²) in [4.78, 5) is 0. The molecule has 12 heavy (non-hydrogen) atoms. The molecule has 0 aromatic carbocycles. The molecule has 0 saturated carbocycles. The van der Waals surface area contributed by atoms with Crippen LogP contribution in [0.5, 0.6) is 0 Å². The Hall–Kier alpha value is -0.570. The first kappa shape index (κ1) is 11.4. The first-order chi connectivity index (χ1) is 5.67. The third-order valence-electron chi connectivity index (χ3n) is 1.16. The molecule has 0 unspecified atom stereocenters. The van der Waals surface area contributed by atoms with Gasteiger partial charge in [-0.3, -0.25) is 0 Å². The Morgan fingerprint density at radius 2 is 2.25 bits per heavy atom. The summed E-state index contributed by atoms with van der Waals surface area (Å²) in [5.41, 5.74) is 0. The van der Waals surface area contributed by atoms with Gasteiger partial charge in [-0.25, -0.2) is 4.39 Å². The van der Waals surface area contributed by atoms with Gasteiger partial charge in [-0.05, 0) is 35.9 Å². The van der Waals surface area contributed by atoms with E-state index in [2.05, 4.69) is 22.5 Å². The molecular weight excluding hydrogens is 223 g/mol. The highest BCUT2D eigenvalue weighted by Gasteiger charge is 2.06. The van der Waals surface area contributed by atoms with Gasteiger partial charge in [-0.1, -0.05) is 12.7 Å². The lowest BCUT2D eigenvalue weighted by Crippen LogP contribution is -1.91. The molecule has 0 atom stereocenters. The second-order valence-electron chi connectivity index (χ2n) is 1.95. The van der Waals surface area contributed by atoms with Crippen molar-refractivity contribution in [3.63, 3.8) is 0 Å². The first-order valence-corrected chi connectivity index (χ1v) is 4.43. The summed E-state index contributed by atoms with van der Waals surface area (Å²) in [6.45, 7) is 7.40. The second kappa shape index (κ2) is 6.00. The largest absolute Gasteiger partial charge is 0.491 e. The molecule has 0 N–H and O–H groups in total. The molecule has 3 heteroatoms. The average Bonchev–Trinajstić information content (AvgIpc) is 2.11. The van der Waals surface area contributed by atoms with E-state index in [4.69, 9.17) is 4.74 Å². The van der Waals surface area contributed by atoms with E-state index in [1.165, 1.54) is 6.08 Å². The molecule has 0 rings (SSSR count). The van der Waals surface area contributed by atoms with Crippen LogP contribution < -0.4 is 0 Å². The van der Waals surface area contributed by atoms with Crippen molar-refractivity contribution < 1.29 is 9.13 Å². The van der Waals surface area contributed by atoms with Crippen molar-refractivity contribution in [1.82, 2.24) is 0 Å². The maximum atomic E-state index is 13.2. The number of allylic oxidation sites excluding steroid dienone is 4. The number of halogens is 2. The average molecular weight is 235 g/mol. The van der Waals surface area contributed by atoms with E-state index in [-0.39, 0.29) is 5.76 Å². The zero-order chi connectivity index (χ0) is 9.56. The second-order valence-corrected chi connectivity index (χ2v) is 2.81. The highest BCUT2D eigenvalue weighted by molar-refractivity contribution is 9.11. The van der Waals surface area contributed by atoms with Gasteiger partial charge in [0.25, 0.3) is 0 Å². The minimum absolute atomic E-state index is 0.169. The van der Waals surface area contributed by atoms with E-state index in [1.807, 2.05) is 0 Å². The molecule has 0 aliphatic rings. The fourth-order valence-electron chi connectivity index (χ4n) is 0.612. The minimum atomic E-state index is -0.422. The van der Waals surface area contributed by atoms with Crippen LogP contribution >= 0.6 is 15.9 Å². The van der Waals surface area contributed by atoms with Crippen LogP contribution in [0.15, 0.2) is 34.8 Å². The fourth-order valence-corrected chi connectivity index (χ4v) is 0.807. The quantitative estimate of drug-likeness (QED) is 0.533. The fraction of sp³-hybridized carbons (Fsp3) is 0.333. The van der Waals surface area contributed by atoms with Crippen LogP contribution in [0.1, 0.15) is 13.8 Å². The molecule has 0 aromatic heterocycles. The Morgan fingerprint density at radius 1 is 1.67 bits per heavy atom. The van der Waals surface area contributed by atoms with Crippen molar-refractivity contribution in [3.8, 4) is 0 Å². The van der Waals surface area contributed by atoms with Crippen molar-refractivity contribution in [1.29, 1.82) is 0 Å². The van der Waals surface area contributed by atoms with Crippen LogP contribution in [-0.4, -0.2) is 6.61 Å². The SMILES string of the molecule is C=C/C(OCC)=C(F)\C(Br)=C/C. The Bertz CT molecular complexity index is 219. The Balaban J connectivity index is 4.70. The van der Waals surface area contributed by atoms with Crippen molar-refractivity contribution in [2.45, 2.75) is 13.8 Å². The normalized spacial score (nSPS) is 13.8. The molecule has 0 saturated heterocycles. The molecule has 0 aromatic rings. The van der Waals surface area contributed by atoms with Crippen molar-refractivity contribution in [2.75, 3.05) is 6.61 Å². The summed E-state index contributed by atoms with van der Waals surface area (Å²) in [7, 11) is 0. The molecule has 0 heterocycles. The standard InChI is InChI=1S/C9H12BrFO/c1-4-7(10)9(11)8(5-2)12-6-3/h4-5H,2,6H2,1,3H3/b7-4+,9-8-.